The third-order valence-corrected chi connectivity index (χ3v) is 4.08. The maximum Gasteiger partial charge on any atom is 0.341 e. The first kappa shape index (κ1) is 15.3. The largest absolute Gasteiger partial charge is 0.465 e. The highest BCUT2D eigenvalue weighted by Gasteiger charge is 2.21. The van der Waals surface area contributed by atoms with E-state index in [2.05, 4.69) is 15.2 Å². The molecule has 1 aliphatic rings. The van der Waals surface area contributed by atoms with Gasteiger partial charge in [-0.05, 0) is 12.8 Å². The molecule has 0 bridgehead atoms. The van der Waals surface area contributed by atoms with Crippen molar-refractivity contribution in [3.8, 4) is 0 Å². The molecule has 1 saturated carbocycles. The van der Waals surface area contributed by atoms with E-state index in [1.165, 1.54) is 38.7 Å². The minimum absolute atomic E-state index is 0.0572. The number of carbonyl (C=O) groups excluding carboxylic acids is 2. The van der Waals surface area contributed by atoms with Gasteiger partial charge >= 0.3 is 5.97 Å². The van der Waals surface area contributed by atoms with Gasteiger partial charge in [-0.3, -0.25) is 4.79 Å². The average Bonchev–Trinajstić information content (AvgIpc) is 3.24. The number of esters is 1. The van der Waals surface area contributed by atoms with Gasteiger partial charge in [0.25, 0.3) is 5.91 Å². The molecule has 1 fully saturated rings. The summed E-state index contributed by atoms with van der Waals surface area (Å²) in [6.45, 7) is 0. The molecule has 2 aromatic heterocycles. The molecule has 0 unspecified atom stereocenters. The first-order chi connectivity index (χ1) is 11.2. The maximum absolute atomic E-state index is 12.3. The number of hydrogen-bond acceptors (Lipinski definition) is 5. The number of methoxy groups -OCH3 is 1. The molecule has 122 valence electrons. The number of nitrogens with zero attached hydrogens (tertiary/aromatic N) is 2. The predicted octanol–water partition coefficient (Wildman–Crippen LogP) is 3.02. The summed E-state index contributed by atoms with van der Waals surface area (Å²) in [7, 11) is 1.28. The molecule has 0 radical (unpaired) electrons. The van der Waals surface area contributed by atoms with Gasteiger partial charge < -0.3 is 14.5 Å². The van der Waals surface area contributed by atoms with Crippen LogP contribution in [0.15, 0.2) is 29.0 Å². The zero-order chi connectivity index (χ0) is 16.2. The number of anilines is 1. The minimum atomic E-state index is -0.542. The number of carbonyl (C=O) groups is 2. The molecule has 2 aromatic rings. The fraction of sp³-hybridized carbons (Fsp3) is 0.438. The first-order valence-corrected chi connectivity index (χ1v) is 7.70. The van der Waals surface area contributed by atoms with Crippen LogP contribution >= 0.6 is 0 Å². The Bertz CT molecular complexity index is 698. The molecule has 0 aliphatic heterocycles. The monoisotopic (exact) mass is 317 g/mol. The Morgan fingerprint density at radius 1 is 1.35 bits per heavy atom. The van der Waals surface area contributed by atoms with Crippen LogP contribution in [0.3, 0.4) is 0 Å². The Morgan fingerprint density at radius 2 is 2.13 bits per heavy atom. The molecular weight excluding hydrogens is 298 g/mol. The Morgan fingerprint density at radius 3 is 2.87 bits per heavy atom. The summed E-state index contributed by atoms with van der Waals surface area (Å²) in [5.41, 5.74) is 0.207. The molecule has 3 rings (SSSR count). The van der Waals surface area contributed by atoms with E-state index in [0.29, 0.717) is 11.9 Å². The third-order valence-electron chi connectivity index (χ3n) is 4.08. The van der Waals surface area contributed by atoms with Crippen molar-refractivity contribution in [2.75, 3.05) is 12.4 Å². The van der Waals surface area contributed by atoms with E-state index in [4.69, 9.17) is 4.42 Å². The van der Waals surface area contributed by atoms with Crippen LogP contribution in [0.25, 0.3) is 0 Å². The number of rotatable bonds is 4. The molecule has 1 aliphatic carbocycles. The number of aromatic nitrogens is 2. The van der Waals surface area contributed by atoms with Gasteiger partial charge in [0, 0.05) is 12.1 Å². The number of amides is 1. The van der Waals surface area contributed by atoms with Gasteiger partial charge in [-0.15, -0.1) is 0 Å². The van der Waals surface area contributed by atoms with E-state index in [-0.39, 0.29) is 11.3 Å². The molecule has 0 spiro atoms. The number of nitrogens with one attached hydrogen (secondary N) is 1. The van der Waals surface area contributed by atoms with E-state index < -0.39 is 11.9 Å². The molecule has 2 heterocycles. The van der Waals surface area contributed by atoms with Crippen molar-refractivity contribution in [2.45, 2.75) is 38.1 Å². The average molecular weight is 317 g/mol. The highest BCUT2D eigenvalue weighted by atomic mass is 16.5. The standard InChI is InChI=1S/C16H19N3O4/c1-22-16(21)11-9-13(23-10-11)15(20)18-14-7-8-17-19(14)12-5-3-2-4-6-12/h7-10,12H,2-6H2,1H3,(H,18,20). The smallest absolute Gasteiger partial charge is 0.341 e. The lowest BCUT2D eigenvalue weighted by molar-refractivity contribution is 0.0600. The first-order valence-electron chi connectivity index (χ1n) is 7.70. The summed E-state index contributed by atoms with van der Waals surface area (Å²) < 4.78 is 11.6. The van der Waals surface area contributed by atoms with Crippen LogP contribution in [0.5, 0.6) is 0 Å². The fourth-order valence-electron chi connectivity index (χ4n) is 2.89. The molecule has 0 atom stereocenters. The van der Waals surface area contributed by atoms with Crippen molar-refractivity contribution in [1.29, 1.82) is 0 Å². The maximum atomic E-state index is 12.3. The lowest BCUT2D eigenvalue weighted by Gasteiger charge is -2.23. The van der Waals surface area contributed by atoms with Crippen molar-refractivity contribution in [3.63, 3.8) is 0 Å². The van der Waals surface area contributed by atoms with Crippen molar-refractivity contribution in [2.24, 2.45) is 0 Å². The normalized spacial score (nSPS) is 15.3. The Labute approximate surface area is 133 Å². The van der Waals surface area contributed by atoms with Crippen LogP contribution in [-0.2, 0) is 4.74 Å². The van der Waals surface area contributed by atoms with Crippen LogP contribution in [0.4, 0.5) is 5.82 Å². The second-order valence-electron chi connectivity index (χ2n) is 5.60. The quantitative estimate of drug-likeness (QED) is 0.876. The zero-order valence-corrected chi connectivity index (χ0v) is 12.9. The van der Waals surface area contributed by atoms with Crippen LogP contribution in [-0.4, -0.2) is 28.8 Å². The van der Waals surface area contributed by atoms with Crippen molar-refractivity contribution in [1.82, 2.24) is 9.78 Å². The van der Waals surface area contributed by atoms with Crippen LogP contribution in [0.2, 0.25) is 0 Å². The number of hydrogen-bond donors (Lipinski definition) is 1. The SMILES string of the molecule is COC(=O)c1coc(C(=O)Nc2ccnn2C2CCCCC2)c1. The molecule has 23 heavy (non-hydrogen) atoms. The summed E-state index contributed by atoms with van der Waals surface area (Å²) in [5, 5.41) is 7.12. The second kappa shape index (κ2) is 6.68. The van der Waals surface area contributed by atoms with Gasteiger partial charge in [0.2, 0.25) is 0 Å². The highest BCUT2D eigenvalue weighted by Crippen LogP contribution is 2.30. The Balaban J connectivity index is 1.72. The minimum Gasteiger partial charge on any atom is -0.465 e. The van der Waals surface area contributed by atoms with Crippen molar-refractivity contribution in [3.05, 3.63) is 35.9 Å². The topological polar surface area (TPSA) is 86.4 Å². The molecule has 1 N–H and O–H groups in total. The molecule has 1 amide bonds. The van der Waals surface area contributed by atoms with Crippen LogP contribution in [0, 0.1) is 0 Å². The lowest BCUT2D eigenvalue weighted by atomic mass is 9.96. The van der Waals surface area contributed by atoms with E-state index >= 15 is 0 Å². The molecule has 7 heteroatoms. The molecule has 0 saturated heterocycles. The van der Waals surface area contributed by atoms with E-state index in [0.717, 1.165) is 12.8 Å². The van der Waals surface area contributed by atoms with Gasteiger partial charge in [-0.2, -0.15) is 5.10 Å². The fourth-order valence-corrected chi connectivity index (χ4v) is 2.89. The van der Waals surface area contributed by atoms with E-state index in [9.17, 15) is 9.59 Å². The molecule has 7 nitrogen and oxygen atoms in total. The summed E-state index contributed by atoms with van der Waals surface area (Å²) in [6, 6.07) is 3.44. The number of furan rings is 1. The van der Waals surface area contributed by atoms with Gasteiger partial charge in [0.15, 0.2) is 5.76 Å². The van der Waals surface area contributed by atoms with E-state index in [1.807, 2.05) is 4.68 Å². The summed E-state index contributed by atoms with van der Waals surface area (Å²) >= 11 is 0. The van der Waals surface area contributed by atoms with Gasteiger partial charge in [-0.25, -0.2) is 9.48 Å². The molecular formula is C16H19N3O4. The third kappa shape index (κ3) is 3.28. The highest BCUT2D eigenvalue weighted by molar-refractivity contribution is 6.03. The second-order valence-corrected chi connectivity index (χ2v) is 5.60. The number of ether oxygens (including phenoxy) is 1. The van der Waals surface area contributed by atoms with Gasteiger partial charge in [0.05, 0.1) is 24.9 Å². The van der Waals surface area contributed by atoms with Crippen molar-refractivity contribution >= 4 is 17.7 Å². The van der Waals surface area contributed by atoms with E-state index in [1.54, 1.807) is 12.3 Å². The molecule has 0 aromatic carbocycles. The predicted molar refractivity (Wildman–Crippen MR) is 82.3 cm³/mol. The Kier molecular flexibility index (Phi) is 4.45. The summed E-state index contributed by atoms with van der Waals surface area (Å²) in [6.07, 6.45) is 8.63. The van der Waals surface area contributed by atoms with Crippen LogP contribution < -0.4 is 5.32 Å². The van der Waals surface area contributed by atoms with Gasteiger partial charge in [-0.1, -0.05) is 19.3 Å². The Hall–Kier alpha value is -2.57. The van der Waals surface area contributed by atoms with Gasteiger partial charge in [0.1, 0.15) is 12.1 Å². The summed E-state index contributed by atoms with van der Waals surface area (Å²) in [5.74, 6) is -0.266. The zero-order valence-electron chi connectivity index (χ0n) is 12.9. The van der Waals surface area contributed by atoms with Crippen LogP contribution in [0.1, 0.15) is 59.1 Å². The summed E-state index contributed by atoms with van der Waals surface area (Å²) in [4.78, 5) is 23.7. The van der Waals surface area contributed by atoms with Crippen molar-refractivity contribution < 1.29 is 18.7 Å². The lowest BCUT2D eigenvalue weighted by Crippen LogP contribution is -2.20.